The van der Waals surface area contributed by atoms with Crippen LogP contribution in [0.3, 0.4) is 0 Å². The number of ether oxygens (including phenoxy) is 1. The molecule has 0 saturated carbocycles. The number of benzene rings is 1. The van der Waals surface area contributed by atoms with E-state index in [4.69, 9.17) is 9.15 Å². The van der Waals surface area contributed by atoms with Crippen LogP contribution in [0.4, 0.5) is 5.82 Å². The van der Waals surface area contributed by atoms with E-state index in [1.165, 1.54) is 12.4 Å². The minimum atomic E-state index is -0.295. The number of amides is 1. The molecule has 0 spiro atoms. The van der Waals surface area contributed by atoms with Gasteiger partial charge in [-0.05, 0) is 18.2 Å². The van der Waals surface area contributed by atoms with Crippen LogP contribution < -0.4 is 15.4 Å². The number of carbonyl (C=O) groups excluding carboxylic acids is 1. The SMILES string of the molecule is COc1ccccc1CNC(=O)c1cnc(NCc2ccco2)cn1. The van der Waals surface area contributed by atoms with Crippen LogP contribution in [0.15, 0.2) is 59.5 Å². The first-order valence-corrected chi connectivity index (χ1v) is 7.74. The highest BCUT2D eigenvalue weighted by Gasteiger charge is 2.09. The molecule has 1 amide bonds. The largest absolute Gasteiger partial charge is 0.496 e. The summed E-state index contributed by atoms with van der Waals surface area (Å²) in [7, 11) is 1.60. The van der Waals surface area contributed by atoms with Crippen molar-refractivity contribution < 1.29 is 13.9 Å². The fraction of sp³-hybridized carbons (Fsp3) is 0.167. The highest BCUT2D eigenvalue weighted by Crippen LogP contribution is 2.16. The van der Waals surface area contributed by atoms with Crippen molar-refractivity contribution in [3.05, 3.63) is 72.1 Å². The summed E-state index contributed by atoms with van der Waals surface area (Å²) in [6, 6.07) is 11.2. The van der Waals surface area contributed by atoms with Crippen LogP contribution in [0.25, 0.3) is 0 Å². The van der Waals surface area contributed by atoms with Crippen molar-refractivity contribution in [2.45, 2.75) is 13.1 Å². The number of anilines is 1. The van der Waals surface area contributed by atoms with Crippen LogP contribution in [0.5, 0.6) is 5.75 Å². The number of nitrogens with one attached hydrogen (secondary N) is 2. The van der Waals surface area contributed by atoms with E-state index in [1.807, 2.05) is 36.4 Å². The molecular formula is C18H18N4O3. The molecule has 7 nitrogen and oxygen atoms in total. The van der Waals surface area contributed by atoms with Crippen LogP contribution >= 0.6 is 0 Å². The fourth-order valence-corrected chi connectivity index (χ4v) is 2.24. The molecule has 0 aliphatic rings. The van der Waals surface area contributed by atoms with Crippen molar-refractivity contribution in [1.82, 2.24) is 15.3 Å². The Bertz CT molecular complexity index is 817. The van der Waals surface area contributed by atoms with E-state index >= 15 is 0 Å². The first kappa shape index (κ1) is 16.5. The first-order chi connectivity index (χ1) is 12.3. The Labute approximate surface area is 145 Å². The predicted octanol–water partition coefficient (Wildman–Crippen LogP) is 2.62. The zero-order chi connectivity index (χ0) is 17.5. The lowest BCUT2D eigenvalue weighted by Gasteiger charge is -2.09. The molecule has 0 unspecified atom stereocenters. The van der Waals surface area contributed by atoms with Gasteiger partial charge in [0.1, 0.15) is 23.0 Å². The maximum Gasteiger partial charge on any atom is 0.271 e. The second kappa shape index (κ2) is 7.96. The van der Waals surface area contributed by atoms with Crippen LogP contribution in [0, 0.1) is 0 Å². The summed E-state index contributed by atoms with van der Waals surface area (Å²) in [5.74, 6) is 1.79. The minimum absolute atomic E-state index is 0.249. The van der Waals surface area contributed by atoms with Gasteiger partial charge in [0, 0.05) is 12.1 Å². The maximum atomic E-state index is 12.2. The Morgan fingerprint density at radius 3 is 2.72 bits per heavy atom. The topological polar surface area (TPSA) is 89.3 Å². The van der Waals surface area contributed by atoms with Gasteiger partial charge in [-0.25, -0.2) is 9.97 Å². The molecule has 2 N–H and O–H groups in total. The van der Waals surface area contributed by atoms with Gasteiger partial charge in [0.2, 0.25) is 0 Å². The number of para-hydroxylation sites is 1. The smallest absolute Gasteiger partial charge is 0.271 e. The Morgan fingerprint density at radius 2 is 2.00 bits per heavy atom. The van der Waals surface area contributed by atoms with Gasteiger partial charge in [0.15, 0.2) is 0 Å². The van der Waals surface area contributed by atoms with E-state index < -0.39 is 0 Å². The number of hydrogen-bond donors (Lipinski definition) is 2. The number of furan rings is 1. The monoisotopic (exact) mass is 338 g/mol. The summed E-state index contributed by atoms with van der Waals surface area (Å²) in [5, 5.41) is 5.88. The standard InChI is InChI=1S/C18H18N4O3/c1-24-16-7-3-2-5-13(16)9-22-18(23)15-11-21-17(12-19-15)20-10-14-6-4-8-25-14/h2-8,11-12H,9-10H2,1H3,(H,20,21)(H,22,23). The highest BCUT2D eigenvalue weighted by atomic mass is 16.5. The molecule has 3 aromatic rings. The van der Waals surface area contributed by atoms with E-state index in [9.17, 15) is 4.79 Å². The third-order valence-electron chi connectivity index (χ3n) is 3.54. The molecule has 2 aromatic heterocycles. The number of methoxy groups -OCH3 is 1. The molecule has 7 heteroatoms. The molecule has 0 radical (unpaired) electrons. The molecule has 0 saturated heterocycles. The van der Waals surface area contributed by atoms with E-state index in [-0.39, 0.29) is 11.6 Å². The maximum absolute atomic E-state index is 12.2. The summed E-state index contributed by atoms with van der Waals surface area (Å²) in [6.45, 7) is 0.851. The molecule has 0 bridgehead atoms. The van der Waals surface area contributed by atoms with Crippen molar-refractivity contribution in [2.24, 2.45) is 0 Å². The lowest BCUT2D eigenvalue weighted by Crippen LogP contribution is -2.24. The number of hydrogen-bond acceptors (Lipinski definition) is 6. The van der Waals surface area contributed by atoms with Crippen LogP contribution in [0.2, 0.25) is 0 Å². The van der Waals surface area contributed by atoms with Gasteiger partial charge in [0.25, 0.3) is 5.91 Å². The third kappa shape index (κ3) is 4.35. The molecule has 128 valence electrons. The molecule has 25 heavy (non-hydrogen) atoms. The highest BCUT2D eigenvalue weighted by molar-refractivity contribution is 5.92. The lowest BCUT2D eigenvalue weighted by molar-refractivity contribution is 0.0945. The molecule has 1 aromatic carbocycles. The zero-order valence-electron chi connectivity index (χ0n) is 13.7. The number of nitrogens with zero attached hydrogens (tertiary/aromatic N) is 2. The van der Waals surface area contributed by atoms with E-state index in [2.05, 4.69) is 20.6 Å². The summed E-state index contributed by atoms with van der Waals surface area (Å²) < 4.78 is 10.5. The van der Waals surface area contributed by atoms with Crippen LogP contribution in [-0.4, -0.2) is 23.0 Å². The van der Waals surface area contributed by atoms with Crippen molar-refractivity contribution in [3.8, 4) is 5.75 Å². The average molecular weight is 338 g/mol. The van der Waals surface area contributed by atoms with E-state index in [0.29, 0.717) is 18.9 Å². The summed E-state index contributed by atoms with van der Waals surface area (Å²) in [6.07, 6.45) is 4.56. The summed E-state index contributed by atoms with van der Waals surface area (Å²) in [5.41, 5.74) is 1.14. The molecule has 2 heterocycles. The third-order valence-corrected chi connectivity index (χ3v) is 3.54. The minimum Gasteiger partial charge on any atom is -0.496 e. The summed E-state index contributed by atoms with van der Waals surface area (Å²) >= 11 is 0. The molecule has 0 fully saturated rings. The van der Waals surface area contributed by atoms with Gasteiger partial charge in [-0.3, -0.25) is 4.79 Å². The lowest BCUT2D eigenvalue weighted by atomic mass is 10.2. The fourth-order valence-electron chi connectivity index (χ4n) is 2.24. The second-order valence-corrected chi connectivity index (χ2v) is 5.21. The van der Waals surface area contributed by atoms with Gasteiger partial charge >= 0.3 is 0 Å². The second-order valence-electron chi connectivity index (χ2n) is 5.21. The molecule has 0 aliphatic carbocycles. The van der Waals surface area contributed by atoms with Crippen LogP contribution in [-0.2, 0) is 13.1 Å². The predicted molar refractivity (Wildman–Crippen MR) is 92.2 cm³/mol. The van der Waals surface area contributed by atoms with Gasteiger partial charge in [-0.2, -0.15) is 0 Å². The number of rotatable bonds is 7. The van der Waals surface area contributed by atoms with Crippen molar-refractivity contribution in [3.63, 3.8) is 0 Å². The molecule has 0 aliphatic heterocycles. The van der Waals surface area contributed by atoms with Crippen molar-refractivity contribution >= 4 is 11.7 Å². The normalized spacial score (nSPS) is 10.3. The number of carbonyl (C=O) groups is 1. The van der Waals surface area contributed by atoms with Crippen LogP contribution in [0.1, 0.15) is 21.8 Å². The summed E-state index contributed by atoms with van der Waals surface area (Å²) in [4.78, 5) is 20.5. The zero-order valence-corrected chi connectivity index (χ0v) is 13.7. The van der Waals surface area contributed by atoms with E-state index in [1.54, 1.807) is 13.4 Å². The number of aromatic nitrogens is 2. The van der Waals surface area contributed by atoms with Crippen molar-refractivity contribution in [1.29, 1.82) is 0 Å². The Kier molecular flexibility index (Phi) is 5.26. The molecule has 3 rings (SSSR count). The van der Waals surface area contributed by atoms with Gasteiger partial charge in [0.05, 0.1) is 32.3 Å². The molecule has 0 atom stereocenters. The van der Waals surface area contributed by atoms with E-state index in [0.717, 1.165) is 17.1 Å². The van der Waals surface area contributed by atoms with Gasteiger partial charge in [-0.15, -0.1) is 0 Å². The Balaban J connectivity index is 1.55. The first-order valence-electron chi connectivity index (χ1n) is 7.74. The van der Waals surface area contributed by atoms with Gasteiger partial charge in [-0.1, -0.05) is 18.2 Å². The Morgan fingerprint density at radius 1 is 1.12 bits per heavy atom. The quantitative estimate of drug-likeness (QED) is 0.688. The average Bonchev–Trinajstić information content (AvgIpc) is 3.18. The van der Waals surface area contributed by atoms with Gasteiger partial charge < -0.3 is 19.8 Å². The Hall–Kier alpha value is -3.35. The van der Waals surface area contributed by atoms with Crippen molar-refractivity contribution in [2.75, 3.05) is 12.4 Å². The molecular weight excluding hydrogens is 320 g/mol.